The first-order chi connectivity index (χ1) is 9.46. The summed E-state index contributed by atoms with van der Waals surface area (Å²) in [6.07, 6.45) is -3.56. The fraction of sp³-hybridized carbons (Fsp3) is 0.571. The van der Waals surface area contributed by atoms with Crippen LogP contribution in [0.1, 0.15) is 32.3 Å². The van der Waals surface area contributed by atoms with Crippen LogP contribution in [0.5, 0.6) is 0 Å². The summed E-state index contributed by atoms with van der Waals surface area (Å²) in [4.78, 5) is -0.310. The summed E-state index contributed by atoms with van der Waals surface area (Å²) in [5, 5.41) is -0.837. The summed E-state index contributed by atoms with van der Waals surface area (Å²) in [6.45, 7) is 3.75. The van der Waals surface area contributed by atoms with Gasteiger partial charge in [-0.05, 0) is 36.5 Å². The van der Waals surface area contributed by atoms with E-state index in [0.717, 1.165) is 12.1 Å². The highest BCUT2D eigenvalue weighted by atomic mass is 32.2. The summed E-state index contributed by atoms with van der Waals surface area (Å²) in [7, 11) is -3.87. The Kier molecular flexibility index (Phi) is 3.87. The molecule has 1 aliphatic carbocycles. The number of hydrogen-bond acceptors (Lipinski definition) is 3. The molecule has 1 aromatic carbocycles. The van der Waals surface area contributed by atoms with Crippen molar-refractivity contribution in [1.29, 1.82) is 0 Å². The zero-order valence-electron chi connectivity index (χ0n) is 11.8. The van der Waals surface area contributed by atoms with Gasteiger partial charge in [-0.2, -0.15) is 13.2 Å². The fourth-order valence-electron chi connectivity index (χ4n) is 2.74. The molecule has 1 fully saturated rings. The van der Waals surface area contributed by atoms with E-state index in [1.54, 1.807) is 0 Å². The van der Waals surface area contributed by atoms with Gasteiger partial charge in [0.15, 0.2) is 9.84 Å². The van der Waals surface area contributed by atoms with Crippen LogP contribution in [0.3, 0.4) is 0 Å². The molecule has 0 bridgehead atoms. The van der Waals surface area contributed by atoms with E-state index in [1.807, 2.05) is 13.8 Å². The van der Waals surface area contributed by atoms with Gasteiger partial charge in [-0.15, -0.1) is 0 Å². The van der Waals surface area contributed by atoms with Crippen molar-refractivity contribution in [2.45, 2.75) is 49.1 Å². The second kappa shape index (κ2) is 4.98. The molecule has 7 heteroatoms. The minimum absolute atomic E-state index is 0.310. The van der Waals surface area contributed by atoms with Crippen molar-refractivity contribution in [2.24, 2.45) is 11.1 Å². The third-order valence-electron chi connectivity index (χ3n) is 4.26. The number of nitrogens with two attached hydrogens (primary N) is 1. The highest BCUT2D eigenvalue weighted by molar-refractivity contribution is 7.92. The lowest BCUT2D eigenvalue weighted by atomic mass is 9.88. The molecule has 0 radical (unpaired) electrons. The maximum absolute atomic E-state index is 12.7. The maximum atomic E-state index is 12.7. The molecule has 2 N–H and O–H groups in total. The first-order valence-electron chi connectivity index (χ1n) is 6.63. The standard InChI is InChI=1S/C14H18F3NO2S/c1-13(2)7-6-11(12(13)18)21(19,20)10-5-3-4-9(8-10)14(15,16)17/h3-5,8,11-12H,6-7,18H2,1-2H3. The number of benzene rings is 1. The average molecular weight is 321 g/mol. The van der Waals surface area contributed by atoms with Crippen LogP contribution in [-0.4, -0.2) is 19.7 Å². The molecule has 0 heterocycles. The first-order valence-corrected chi connectivity index (χ1v) is 8.17. The van der Waals surface area contributed by atoms with E-state index in [4.69, 9.17) is 5.73 Å². The molecule has 0 aliphatic heterocycles. The molecular formula is C14H18F3NO2S. The van der Waals surface area contributed by atoms with Gasteiger partial charge in [0.05, 0.1) is 15.7 Å². The van der Waals surface area contributed by atoms with E-state index >= 15 is 0 Å². The lowest BCUT2D eigenvalue weighted by Gasteiger charge is -2.26. The van der Waals surface area contributed by atoms with Crippen molar-refractivity contribution in [3.63, 3.8) is 0 Å². The summed E-state index contributed by atoms with van der Waals surface area (Å²) in [5.41, 5.74) is 4.71. The lowest BCUT2D eigenvalue weighted by Crippen LogP contribution is -2.43. The maximum Gasteiger partial charge on any atom is 0.416 e. The molecule has 1 aliphatic rings. The summed E-state index contributed by atoms with van der Waals surface area (Å²) < 4.78 is 63.3. The predicted octanol–water partition coefficient (Wildman–Crippen LogP) is 3.00. The smallest absolute Gasteiger partial charge is 0.326 e. The molecule has 2 unspecified atom stereocenters. The molecule has 0 spiro atoms. The Hall–Kier alpha value is -1.08. The fourth-order valence-corrected chi connectivity index (χ4v) is 4.83. The van der Waals surface area contributed by atoms with Gasteiger partial charge in [0.2, 0.25) is 0 Å². The Morgan fingerprint density at radius 3 is 2.38 bits per heavy atom. The number of hydrogen-bond donors (Lipinski definition) is 1. The van der Waals surface area contributed by atoms with Crippen LogP contribution < -0.4 is 5.73 Å². The highest BCUT2D eigenvalue weighted by Gasteiger charge is 2.46. The van der Waals surface area contributed by atoms with E-state index in [1.165, 1.54) is 6.07 Å². The van der Waals surface area contributed by atoms with Crippen LogP contribution in [-0.2, 0) is 16.0 Å². The van der Waals surface area contributed by atoms with Gasteiger partial charge in [0.1, 0.15) is 0 Å². The van der Waals surface area contributed by atoms with Crippen molar-refractivity contribution in [2.75, 3.05) is 0 Å². The third kappa shape index (κ3) is 2.94. The largest absolute Gasteiger partial charge is 0.416 e. The molecule has 2 atom stereocenters. The normalized spacial score (nSPS) is 26.0. The second-order valence-electron chi connectivity index (χ2n) is 6.16. The Morgan fingerprint density at radius 1 is 1.29 bits per heavy atom. The average Bonchev–Trinajstić information content (AvgIpc) is 2.64. The number of sulfone groups is 1. The Morgan fingerprint density at radius 2 is 1.90 bits per heavy atom. The molecule has 0 aromatic heterocycles. The van der Waals surface area contributed by atoms with Crippen LogP contribution in [0, 0.1) is 5.41 Å². The second-order valence-corrected chi connectivity index (χ2v) is 8.33. The molecule has 0 amide bonds. The van der Waals surface area contributed by atoms with E-state index in [0.29, 0.717) is 18.9 Å². The van der Waals surface area contributed by atoms with Crippen LogP contribution in [0.25, 0.3) is 0 Å². The zero-order valence-corrected chi connectivity index (χ0v) is 12.6. The van der Waals surface area contributed by atoms with Gasteiger partial charge in [-0.3, -0.25) is 0 Å². The Labute approximate surface area is 122 Å². The topological polar surface area (TPSA) is 60.2 Å². The van der Waals surface area contributed by atoms with Gasteiger partial charge in [-0.1, -0.05) is 19.9 Å². The number of alkyl halides is 3. The Bertz CT molecular complexity index is 638. The van der Waals surface area contributed by atoms with E-state index < -0.39 is 32.9 Å². The van der Waals surface area contributed by atoms with Crippen molar-refractivity contribution in [3.8, 4) is 0 Å². The van der Waals surface area contributed by atoms with Gasteiger partial charge in [0, 0.05) is 6.04 Å². The van der Waals surface area contributed by atoms with Gasteiger partial charge < -0.3 is 5.73 Å². The zero-order chi connectivity index (χ0) is 16.1. The molecule has 21 heavy (non-hydrogen) atoms. The summed E-state index contributed by atoms with van der Waals surface area (Å²) in [6, 6.07) is 3.27. The molecule has 1 aromatic rings. The predicted molar refractivity (Wildman–Crippen MR) is 73.4 cm³/mol. The minimum atomic E-state index is -4.57. The molecule has 118 valence electrons. The molecule has 2 rings (SSSR count). The third-order valence-corrected chi connectivity index (χ3v) is 6.50. The highest BCUT2D eigenvalue weighted by Crippen LogP contribution is 2.41. The SMILES string of the molecule is CC1(C)CCC(S(=O)(=O)c2cccc(C(F)(F)F)c2)C1N. The van der Waals surface area contributed by atoms with E-state index in [2.05, 4.69) is 0 Å². The van der Waals surface area contributed by atoms with Gasteiger partial charge in [-0.25, -0.2) is 8.42 Å². The molecule has 3 nitrogen and oxygen atoms in total. The summed E-state index contributed by atoms with van der Waals surface area (Å²) in [5.74, 6) is 0. The van der Waals surface area contributed by atoms with Gasteiger partial charge >= 0.3 is 6.18 Å². The van der Waals surface area contributed by atoms with Crippen LogP contribution in [0.4, 0.5) is 13.2 Å². The Balaban J connectivity index is 2.42. The van der Waals surface area contributed by atoms with E-state index in [9.17, 15) is 21.6 Å². The molecule has 0 saturated heterocycles. The van der Waals surface area contributed by atoms with Crippen molar-refractivity contribution < 1.29 is 21.6 Å². The van der Waals surface area contributed by atoms with Crippen LogP contribution in [0.2, 0.25) is 0 Å². The number of halogens is 3. The molecular weight excluding hydrogens is 303 g/mol. The monoisotopic (exact) mass is 321 g/mol. The quantitative estimate of drug-likeness (QED) is 0.911. The van der Waals surface area contributed by atoms with Crippen LogP contribution in [0.15, 0.2) is 29.2 Å². The number of rotatable bonds is 2. The van der Waals surface area contributed by atoms with Crippen molar-refractivity contribution in [1.82, 2.24) is 0 Å². The van der Waals surface area contributed by atoms with E-state index in [-0.39, 0.29) is 10.3 Å². The van der Waals surface area contributed by atoms with Crippen LogP contribution >= 0.6 is 0 Å². The van der Waals surface area contributed by atoms with Crippen molar-refractivity contribution in [3.05, 3.63) is 29.8 Å². The first kappa shape index (κ1) is 16.3. The van der Waals surface area contributed by atoms with Gasteiger partial charge in [0.25, 0.3) is 0 Å². The van der Waals surface area contributed by atoms with Crippen molar-refractivity contribution >= 4 is 9.84 Å². The molecule has 1 saturated carbocycles. The lowest BCUT2D eigenvalue weighted by molar-refractivity contribution is -0.137. The minimum Gasteiger partial charge on any atom is -0.326 e. The summed E-state index contributed by atoms with van der Waals surface area (Å²) >= 11 is 0.